The van der Waals surface area contributed by atoms with Crippen LogP contribution in [0.1, 0.15) is 52.0 Å². The number of hydrogen-bond acceptors (Lipinski definition) is 3. The van der Waals surface area contributed by atoms with Crippen LogP contribution in [0, 0.1) is 11.6 Å². The summed E-state index contributed by atoms with van der Waals surface area (Å²) in [7, 11) is 1.41. The molecule has 5 rings (SSSR count). The van der Waals surface area contributed by atoms with Crippen molar-refractivity contribution in [2.45, 2.75) is 24.9 Å². The van der Waals surface area contributed by atoms with Crippen molar-refractivity contribution in [1.29, 1.82) is 0 Å². The van der Waals surface area contributed by atoms with Gasteiger partial charge in [-0.1, -0.05) is 25.1 Å². The number of carboxylic acids is 1. The van der Waals surface area contributed by atoms with Crippen molar-refractivity contribution in [3.8, 4) is 0 Å². The Balaban J connectivity index is 1.88. The monoisotopic (exact) mass is 507 g/mol. The zero-order valence-corrected chi connectivity index (χ0v) is 20.1. The summed E-state index contributed by atoms with van der Waals surface area (Å²) in [4.78, 5) is 14.5. The molecule has 0 radical (unpaired) electrons. The number of nitrogens with one attached hydrogen (secondary N) is 1. The first-order valence-corrected chi connectivity index (χ1v) is 11.7. The summed E-state index contributed by atoms with van der Waals surface area (Å²) in [5.41, 5.74) is 1.28. The van der Waals surface area contributed by atoms with Crippen molar-refractivity contribution >= 4 is 23.2 Å². The lowest BCUT2D eigenvalue weighted by atomic mass is 9.67. The lowest BCUT2D eigenvalue weighted by Gasteiger charge is -2.40. The van der Waals surface area contributed by atoms with Gasteiger partial charge in [-0.2, -0.15) is 0 Å². The lowest BCUT2D eigenvalue weighted by molar-refractivity contribution is -0.00794. The fraction of sp³-hybridized carbons (Fsp3) is 0.207. The van der Waals surface area contributed by atoms with Crippen LogP contribution in [-0.2, 0) is 4.74 Å². The molecule has 3 N–H and O–H groups in total. The van der Waals surface area contributed by atoms with Crippen molar-refractivity contribution < 1.29 is 32.9 Å². The van der Waals surface area contributed by atoms with E-state index in [0.717, 1.165) is 17.7 Å². The first-order valence-electron chi connectivity index (χ1n) is 11.7. The Morgan fingerprint density at radius 1 is 1.05 bits per heavy atom. The van der Waals surface area contributed by atoms with E-state index in [1.54, 1.807) is 25.3 Å². The molecule has 2 aromatic carbocycles. The van der Waals surface area contributed by atoms with Crippen molar-refractivity contribution in [3.05, 3.63) is 111 Å². The molecular weight excluding hydrogens is 483 g/mol. The number of allylic oxidation sites excluding steroid dienone is 4. The van der Waals surface area contributed by atoms with Gasteiger partial charge in [-0.15, -0.1) is 0 Å². The minimum Gasteiger partial charge on any atom is -0.478 e. The van der Waals surface area contributed by atoms with Crippen LogP contribution in [0.4, 0.5) is 13.2 Å². The van der Waals surface area contributed by atoms with Gasteiger partial charge >= 0.3 is 5.97 Å². The smallest absolute Gasteiger partial charge is 0.335 e. The van der Waals surface area contributed by atoms with Gasteiger partial charge in [0.15, 0.2) is 11.6 Å². The second-order valence-electron chi connectivity index (χ2n) is 9.19. The lowest BCUT2D eigenvalue weighted by Crippen LogP contribution is -2.40. The third-order valence-electron chi connectivity index (χ3n) is 7.10. The molecule has 8 heteroatoms. The Labute approximate surface area is 211 Å². The molecule has 190 valence electrons. The third-order valence-corrected chi connectivity index (χ3v) is 7.10. The molecule has 0 fully saturated rings. The summed E-state index contributed by atoms with van der Waals surface area (Å²) in [5.74, 6) is -4.69. The molecule has 0 unspecified atom stereocenters. The third kappa shape index (κ3) is 3.93. The maximum atomic E-state index is 16.7. The number of aromatic nitrogens is 1. The minimum atomic E-state index is -1.69. The van der Waals surface area contributed by atoms with Crippen LogP contribution in [-0.4, -0.2) is 40.5 Å². The number of aliphatic hydroxyl groups is 1. The van der Waals surface area contributed by atoms with Gasteiger partial charge in [0.25, 0.3) is 0 Å². The molecule has 37 heavy (non-hydrogen) atoms. The number of H-pyrrole nitrogens is 1. The normalized spacial score (nSPS) is 18.4. The topological polar surface area (TPSA) is 82.6 Å². The molecule has 0 aliphatic heterocycles. The van der Waals surface area contributed by atoms with Crippen LogP contribution in [0.3, 0.4) is 0 Å². The summed E-state index contributed by atoms with van der Waals surface area (Å²) in [5, 5.41) is 21.3. The van der Waals surface area contributed by atoms with Gasteiger partial charge in [0.2, 0.25) is 0 Å². The standard InChI is InChI=1S/C29H24F3NO4/c1-3-29(36,14-37-2)25-22(17-8-9-20(30)21(31)13-17)19-12-18-10-11-33-27(18)24(19)26(32)23(25)15-4-6-16(7-5-15)28(34)35/h4-13,22,33,36H,3,14H2,1-2H3,(H,34,35)/t22-,29+/m0/s1. The summed E-state index contributed by atoms with van der Waals surface area (Å²) >= 11 is 0. The molecule has 2 atom stereocenters. The second kappa shape index (κ2) is 9.21. The summed E-state index contributed by atoms with van der Waals surface area (Å²) in [6.07, 6.45) is 3.59. The van der Waals surface area contributed by atoms with Crippen molar-refractivity contribution in [2.24, 2.45) is 0 Å². The molecule has 0 amide bonds. The zero-order chi connectivity index (χ0) is 26.5. The van der Waals surface area contributed by atoms with E-state index in [1.807, 2.05) is 0 Å². The van der Waals surface area contributed by atoms with Crippen LogP contribution >= 0.6 is 0 Å². The predicted molar refractivity (Wildman–Crippen MR) is 133 cm³/mol. The number of methoxy groups -OCH3 is 1. The zero-order valence-electron chi connectivity index (χ0n) is 20.1. The molecular formula is C29H24F3NO4. The van der Waals surface area contributed by atoms with Crippen LogP contribution in [0.2, 0.25) is 0 Å². The Bertz CT molecular complexity index is 1500. The second-order valence-corrected chi connectivity index (χ2v) is 9.19. The number of carbonyl (C=O) groups is 1. The molecule has 0 saturated carbocycles. The number of rotatable bonds is 7. The summed E-state index contributed by atoms with van der Waals surface area (Å²) < 4.78 is 50.4. The van der Waals surface area contributed by atoms with Crippen molar-refractivity contribution in [3.63, 3.8) is 0 Å². The number of hydrogen-bond donors (Lipinski definition) is 3. The minimum absolute atomic E-state index is 0.0164. The highest BCUT2D eigenvalue weighted by molar-refractivity contribution is 6.06. The molecule has 2 aliphatic rings. The van der Waals surface area contributed by atoms with E-state index in [4.69, 9.17) is 4.74 Å². The van der Waals surface area contributed by atoms with Crippen molar-refractivity contribution in [2.75, 3.05) is 13.7 Å². The number of halogens is 3. The molecule has 1 heterocycles. The van der Waals surface area contributed by atoms with E-state index in [1.165, 1.54) is 37.4 Å². The largest absolute Gasteiger partial charge is 0.478 e. The highest BCUT2D eigenvalue weighted by Crippen LogP contribution is 2.57. The first-order chi connectivity index (χ1) is 17.7. The van der Waals surface area contributed by atoms with E-state index in [-0.39, 0.29) is 35.3 Å². The quantitative estimate of drug-likeness (QED) is 0.361. The highest BCUT2D eigenvalue weighted by Gasteiger charge is 2.46. The van der Waals surface area contributed by atoms with E-state index in [9.17, 15) is 23.8 Å². The number of benzene rings is 2. The molecule has 0 spiro atoms. The molecule has 5 nitrogen and oxygen atoms in total. The number of carboxylic acid groups (broad SMARTS) is 1. The van der Waals surface area contributed by atoms with E-state index in [0.29, 0.717) is 22.4 Å². The predicted octanol–water partition coefficient (Wildman–Crippen LogP) is 6.11. The van der Waals surface area contributed by atoms with E-state index >= 15 is 4.39 Å². The fourth-order valence-electron chi connectivity index (χ4n) is 5.32. The van der Waals surface area contributed by atoms with Gasteiger partial charge in [-0.25, -0.2) is 18.0 Å². The molecule has 0 bridgehead atoms. The molecule has 1 aromatic heterocycles. The van der Waals surface area contributed by atoms with Gasteiger partial charge < -0.3 is 19.9 Å². The first kappa shape index (κ1) is 24.8. The maximum Gasteiger partial charge on any atom is 0.335 e. The van der Waals surface area contributed by atoms with Crippen molar-refractivity contribution in [1.82, 2.24) is 4.98 Å². The Kier molecular flexibility index (Phi) is 6.17. The fourth-order valence-corrected chi connectivity index (χ4v) is 5.32. The Morgan fingerprint density at radius 2 is 1.78 bits per heavy atom. The van der Waals surface area contributed by atoms with Crippen LogP contribution in [0.25, 0.3) is 17.2 Å². The van der Waals surface area contributed by atoms with E-state index < -0.39 is 34.9 Å². The van der Waals surface area contributed by atoms with Crippen LogP contribution < -0.4 is 0 Å². The molecule has 2 aliphatic carbocycles. The van der Waals surface area contributed by atoms with Crippen LogP contribution in [0.5, 0.6) is 0 Å². The SMILES string of the molecule is CC[C@@](O)(COC)C1=C(c2ccc(C(=O)O)cc2)C(F)=C2C(=Cc3cc[nH]c32)[C@@H]1c1ccc(F)c(F)c1. The highest BCUT2D eigenvalue weighted by atomic mass is 19.2. The average molecular weight is 508 g/mol. The number of aromatic amines is 1. The summed E-state index contributed by atoms with van der Waals surface area (Å²) in [6, 6.07) is 10.9. The maximum absolute atomic E-state index is 16.7. The average Bonchev–Trinajstić information content (AvgIpc) is 3.47. The van der Waals surface area contributed by atoms with Gasteiger partial charge in [-0.3, -0.25) is 0 Å². The van der Waals surface area contributed by atoms with E-state index in [2.05, 4.69) is 4.98 Å². The Morgan fingerprint density at radius 3 is 2.41 bits per heavy atom. The number of ether oxygens (including phenoxy) is 1. The number of fused-ring (bicyclic) bond motifs is 3. The van der Waals surface area contributed by atoms with Gasteiger partial charge in [0.05, 0.1) is 17.9 Å². The molecule has 3 aromatic rings. The number of aromatic carboxylic acids is 1. The van der Waals surface area contributed by atoms with Gasteiger partial charge in [0.1, 0.15) is 11.4 Å². The molecule has 0 saturated heterocycles. The Hall–Kier alpha value is -3.88. The van der Waals surface area contributed by atoms with Gasteiger partial charge in [0, 0.05) is 35.9 Å². The van der Waals surface area contributed by atoms with Gasteiger partial charge in [-0.05, 0) is 65.1 Å². The van der Waals surface area contributed by atoms with Crippen LogP contribution in [0.15, 0.2) is 71.7 Å². The summed E-state index contributed by atoms with van der Waals surface area (Å²) in [6.45, 7) is 1.54.